The molecular formula is C53H37N3S. The van der Waals surface area contributed by atoms with E-state index in [9.17, 15) is 0 Å². The SMILES string of the molecule is CC1(C)c2cc3cc(N(c4ccccc4)c4ccccc4)ccc3cc2-c2c1n1c3c4ccccc4sc3c3c(N(c4ccccc4)c4ccccc4)ccc2c31. The predicted octanol–water partition coefficient (Wildman–Crippen LogP) is 15.3. The molecule has 0 bridgehead atoms. The van der Waals surface area contributed by atoms with Crippen LogP contribution in [0.15, 0.2) is 188 Å². The van der Waals surface area contributed by atoms with E-state index in [1.165, 1.54) is 75.4 Å². The van der Waals surface area contributed by atoms with Crippen LogP contribution in [-0.4, -0.2) is 4.40 Å². The number of thiophene rings is 1. The molecule has 0 unspecified atom stereocenters. The van der Waals surface area contributed by atoms with E-state index in [4.69, 9.17) is 0 Å². The molecule has 57 heavy (non-hydrogen) atoms. The Morgan fingerprint density at radius 3 is 1.68 bits per heavy atom. The van der Waals surface area contributed by atoms with Gasteiger partial charge in [0.1, 0.15) is 0 Å². The Balaban J connectivity index is 1.12. The fraction of sp³-hybridized carbons (Fsp3) is 0.0566. The summed E-state index contributed by atoms with van der Waals surface area (Å²) in [5.41, 5.74) is 14.8. The van der Waals surface area contributed by atoms with E-state index in [-0.39, 0.29) is 5.41 Å². The van der Waals surface area contributed by atoms with Gasteiger partial charge in [0.05, 0.1) is 21.4 Å². The number of hydrogen-bond donors (Lipinski definition) is 0. The standard InChI is InChI=1S/C53H37N3S/c1-53(2)44-33-35-31-40(54(36-17-7-3-8-18-36)37-19-9-4-10-20-37)28-27-34(35)32-43(44)47-42-29-30-45(55(38-21-11-5-12-22-38)39-23-13-6-14-24-39)48-49(42)56(52(47)53)50-41-25-15-16-26-46(41)57-51(48)50/h3-33H,1-2H3. The molecule has 3 aromatic heterocycles. The lowest BCUT2D eigenvalue weighted by atomic mass is 9.84. The summed E-state index contributed by atoms with van der Waals surface area (Å²) < 4.78 is 5.32. The molecule has 0 radical (unpaired) electrons. The molecular weight excluding hydrogens is 711 g/mol. The van der Waals surface area contributed by atoms with Crippen molar-refractivity contribution in [3.8, 4) is 11.1 Å². The number of para-hydroxylation sites is 4. The van der Waals surface area contributed by atoms with Crippen LogP contribution < -0.4 is 9.80 Å². The molecule has 0 amide bonds. The summed E-state index contributed by atoms with van der Waals surface area (Å²) in [6.45, 7) is 4.87. The third-order valence-electron chi connectivity index (χ3n) is 12.2. The van der Waals surface area contributed by atoms with Crippen LogP contribution in [0.1, 0.15) is 25.1 Å². The Hall–Kier alpha value is -6.88. The highest BCUT2D eigenvalue weighted by atomic mass is 32.1. The first kappa shape index (κ1) is 32.4. The van der Waals surface area contributed by atoms with Crippen molar-refractivity contribution < 1.29 is 0 Å². The summed E-state index contributed by atoms with van der Waals surface area (Å²) in [6.07, 6.45) is 0. The Morgan fingerprint density at radius 1 is 0.474 bits per heavy atom. The molecule has 270 valence electrons. The highest BCUT2D eigenvalue weighted by Crippen LogP contribution is 2.59. The monoisotopic (exact) mass is 747 g/mol. The van der Waals surface area contributed by atoms with Crippen LogP contribution in [0.4, 0.5) is 34.1 Å². The molecule has 3 heterocycles. The summed E-state index contributed by atoms with van der Waals surface area (Å²) >= 11 is 1.92. The summed E-state index contributed by atoms with van der Waals surface area (Å²) in [4.78, 5) is 4.79. The van der Waals surface area contributed by atoms with Gasteiger partial charge < -0.3 is 14.2 Å². The van der Waals surface area contributed by atoms with Crippen molar-refractivity contribution in [1.82, 2.24) is 4.40 Å². The van der Waals surface area contributed by atoms with Gasteiger partial charge in [-0.25, -0.2) is 0 Å². The van der Waals surface area contributed by atoms with E-state index >= 15 is 0 Å². The van der Waals surface area contributed by atoms with Crippen molar-refractivity contribution in [3.63, 3.8) is 0 Å². The van der Waals surface area contributed by atoms with Crippen LogP contribution >= 0.6 is 11.3 Å². The van der Waals surface area contributed by atoms with Gasteiger partial charge in [0, 0.05) is 66.0 Å². The number of rotatable bonds is 6. The molecule has 0 fully saturated rings. The summed E-state index contributed by atoms with van der Waals surface area (Å²) in [7, 11) is 0. The van der Waals surface area contributed by atoms with Gasteiger partial charge in [0.15, 0.2) is 0 Å². The third kappa shape index (κ3) is 4.59. The van der Waals surface area contributed by atoms with E-state index in [1.807, 2.05) is 11.3 Å². The van der Waals surface area contributed by atoms with Gasteiger partial charge in [0.2, 0.25) is 0 Å². The molecule has 0 N–H and O–H groups in total. The lowest BCUT2D eigenvalue weighted by molar-refractivity contribution is 0.634. The molecule has 0 aliphatic heterocycles. The van der Waals surface area contributed by atoms with E-state index in [0.717, 1.165) is 28.4 Å². The predicted molar refractivity (Wildman–Crippen MR) is 243 cm³/mol. The summed E-state index contributed by atoms with van der Waals surface area (Å²) in [5.74, 6) is 0. The van der Waals surface area contributed by atoms with Crippen molar-refractivity contribution >= 4 is 92.8 Å². The first-order valence-corrected chi connectivity index (χ1v) is 20.5. The molecule has 1 aliphatic carbocycles. The van der Waals surface area contributed by atoms with E-state index < -0.39 is 0 Å². The lowest BCUT2D eigenvalue weighted by Gasteiger charge is -2.26. The fourth-order valence-electron chi connectivity index (χ4n) is 9.75. The fourth-order valence-corrected chi connectivity index (χ4v) is 11.0. The van der Waals surface area contributed by atoms with Gasteiger partial charge in [-0.3, -0.25) is 0 Å². The minimum Gasteiger partial charge on any atom is -0.310 e. The molecule has 1 aliphatic rings. The zero-order valence-electron chi connectivity index (χ0n) is 31.6. The van der Waals surface area contributed by atoms with Crippen molar-refractivity contribution in [1.29, 1.82) is 0 Å². The van der Waals surface area contributed by atoms with Crippen LogP contribution in [-0.2, 0) is 5.41 Å². The highest BCUT2D eigenvalue weighted by Gasteiger charge is 2.42. The second-order valence-electron chi connectivity index (χ2n) is 15.8. The van der Waals surface area contributed by atoms with E-state index in [1.54, 1.807) is 0 Å². The molecule has 8 aromatic carbocycles. The zero-order chi connectivity index (χ0) is 37.8. The number of nitrogens with zero attached hydrogens (tertiary/aromatic N) is 3. The summed E-state index contributed by atoms with van der Waals surface area (Å²) in [5, 5.41) is 6.44. The van der Waals surface area contributed by atoms with Crippen molar-refractivity contribution in [2.24, 2.45) is 0 Å². The molecule has 0 spiro atoms. The minimum absolute atomic E-state index is 0.257. The first-order valence-electron chi connectivity index (χ1n) is 19.7. The van der Waals surface area contributed by atoms with E-state index in [2.05, 4.69) is 216 Å². The smallest absolute Gasteiger partial charge is 0.0726 e. The Labute approximate surface area is 335 Å². The molecule has 12 rings (SSSR count). The first-order chi connectivity index (χ1) is 28.1. The Kier molecular flexibility index (Phi) is 6.85. The van der Waals surface area contributed by atoms with Gasteiger partial charge in [0.25, 0.3) is 0 Å². The van der Waals surface area contributed by atoms with Gasteiger partial charge in [-0.15, -0.1) is 11.3 Å². The maximum atomic E-state index is 2.66. The van der Waals surface area contributed by atoms with Crippen LogP contribution in [0.3, 0.4) is 0 Å². The Morgan fingerprint density at radius 2 is 1.05 bits per heavy atom. The van der Waals surface area contributed by atoms with Crippen molar-refractivity contribution in [2.75, 3.05) is 9.80 Å². The van der Waals surface area contributed by atoms with E-state index in [0.29, 0.717) is 0 Å². The molecule has 0 saturated carbocycles. The number of benzene rings is 8. The van der Waals surface area contributed by atoms with Crippen molar-refractivity contribution in [2.45, 2.75) is 19.3 Å². The second kappa shape index (κ2) is 12.1. The number of hydrogen-bond acceptors (Lipinski definition) is 3. The Bertz CT molecular complexity index is 3230. The van der Waals surface area contributed by atoms with Gasteiger partial charge in [-0.2, -0.15) is 0 Å². The third-order valence-corrected chi connectivity index (χ3v) is 13.4. The number of fused-ring (bicyclic) bond motifs is 11. The van der Waals surface area contributed by atoms with Crippen LogP contribution in [0, 0.1) is 0 Å². The normalized spacial score (nSPS) is 13.2. The zero-order valence-corrected chi connectivity index (χ0v) is 32.5. The van der Waals surface area contributed by atoms with Crippen LogP contribution in [0.5, 0.6) is 0 Å². The maximum absolute atomic E-state index is 2.66. The lowest BCUT2D eigenvalue weighted by Crippen LogP contribution is -2.17. The molecule has 0 atom stereocenters. The molecule has 0 saturated heterocycles. The van der Waals surface area contributed by atoms with Crippen LogP contribution in [0.25, 0.3) is 58.5 Å². The maximum Gasteiger partial charge on any atom is 0.0726 e. The quantitative estimate of drug-likeness (QED) is 0.168. The topological polar surface area (TPSA) is 10.9 Å². The van der Waals surface area contributed by atoms with Gasteiger partial charge in [-0.1, -0.05) is 117 Å². The van der Waals surface area contributed by atoms with Gasteiger partial charge in [-0.05, 0) is 107 Å². The molecule has 4 heteroatoms. The minimum atomic E-state index is -0.257. The molecule has 3 nitrogen and oxygen atoms in total. The summed E-state index contributed by atoms with van der Waals surface area (Å²) in [6, 6.07) is 68.6. The largest absolute Gasteiger partial charge is 0.310 e. The number of aromatic nitrogens is 1. The van der Waals surface area contributed by atoms with Gasteiger partial charge >= 0.3 is 0 Å². The second-order valence-corrected chi connectivity index (χ2v) is 16.8. The highest BCUT2D eigenvalue weighted by molar-refractivity contribution is 7.26. The number of anilines is 6. The average molecular weight is 748 g/mol. The average Bonchev–Trinajstić information content (AvgIpc) is 3.96. The van der Waals surface area contributed by atoms with Crippen molar-refractivity contribution in [3.05, 3.63) is 199 Å². The molecule has 11 aromatic rings. The van der Waals surface area contributed by atoms with Crippen LogP contribution in [0.2, 0.25) is 0 Å².